The summed E-state index contributed by atoms with van der Waals surface area (Å²) in [4.78, 5) is 26.4. The van der Waals surface area contributed by atoms with E-state index < -0.39 is 26.4 Å². The summed E-state index contributed by atoms with van der Waals surface area (Å²) in [5.41, 5.74) is 1.30. The predicted molar refractivity (Wildman–Crippen MR) is 93.4 cm³/mol. The summed E-state index contributed by atoms with van der Waals surface area (Å²) in [7, 11) is -3.47. The molecule has 2 aromatic heterocycles. The number of nitrogens with one attached hydrogen (secondary N) is 1. The smallest absolute Gasteiger partial charge is 0.277 e. The predicted octanol–water partition coefficient (Wildman–Crippen LogP) is 1.29. The van der Waals surface area contributed by atoms with Crippen LogP contribution in [0.2, 0.25) is 0 Å². The van der Waals surface area contributed by atoms with E-state index in [0.717, 1.165) is 6.26 Å². The van der Waals surface area contributed by atoms with Crippen LogP contribution in [0, 0.1) is 10.1 Å². The fourth-order valence-corrected chi connectivity index (χ4v) is 2.92. The molecule has 0 radical (unpaired) electrons. The van der Waals surface area contributed by atoms with Gasteiger partial charge >= 0.3 is 0 Å². The number of nitro benzene ring substituents is 1. The molecule has 3 aromatic rings. The Morgan fingerprint density at radius 1 is 1.27 bits per heavy atom. The minimum Gasteiger partial charge on any atom is -0.292 e. The van der Waals surface area contributed by atoms with Gasteiger partial charge in [-0.1, -0.05) is 12.1 Å². The average molecular weight is 375 g/mol. The molecule has 1 N–H and O–H groups in total. The van der Waals surface area contributed by atoms with Crippen molar-refractivity contribution in [2.45, 2.75) is 0 Å². The number of hydrogen-bond donors (Lipinski definition) is 1. The van der Waals surface area contributed by atoms with Gasteiger partial charge < -0.3 is 0 Å². The van der Waals surface area contributed by atoms with Gasteiger partial charge in [-0.2, -0.15) is 4.98 Å². The van der Waals surface area contributed by atoms with E-state index in [0.29, 0.717) is 16.8 Å². The number of carbonyl (C=O) groups is 1. The molecule has 0 bridgehead atoms. The Bertz CT molecular complexity index is 1120. The van der Waals surface area contributed by atoms with Crippen LogP contribution < -0.4 is 5.32 Å². The summed E-state index contributed by atoms with van der Waals surface area (Å²) in [6.45, 7) is 0. The van der Waals surface area contributed by atoms with Crippen molar-refractivity contribution in [3.63, 3.8) is 0 Å². The lowest BCUT2D eigenvalue weighted by atomic mass is 10.1. The molecular formula is C15H13N5O5S. The monoisotopic (exact) mass is 375 g/mol. The molecule has 134 valence electrons. The maximum Gasteiger partial charge on any atom is 0.277 e. The Labute approximate surface area is 147 Å². The number of nitrogens with zero attached hydrogens (tertiary/aromatic N) is 4. The van der Waals surface area contributed by atoms with E-state index in [1.54, 1.807) is 30.3 Å². The molecule has 1 aromatic carbocycles. The molecule has 10 nitrogen and oxygen atoms in total. The fourth-order valence-electron chi connectivity index (χ4n) is 2.37. The van der Waals surface area contributed by atoms with Gasteiger partial charge in [-0.05, 0) is 18.2 Å². The first-order chi connectivity index (χ1) is 12.2. The molecule has 0 spiro atoms. The van der Waals surface area contributed by atoms with E-state index in [1.165, 1.54) is 16.8 Å². The topological polar surface area (TPSA) is 137 Å². The van der Waals surface area contributed by atoms with Gasteiger partial charge in [-0.15, -0.1) is 5.10 Å². The Morgan fingerprint density at radius 3 is 2.69 bits per heavy atom. The number of pyridine rings is 1. The summed E-state index contributed by atoms with van der Waals surface area (Å²) >= 11 is 0. The third kappa shape index (κ3) is 3.83. The van der Waals surface area contributed by atoms with Crippen molar-refractivity contribution >= 4 is 33.0 Å². The largest absolute Gasteiger partial charge is 0.292 e. The molecule has 3 rings (SSSR count). The molecule has 0 unspecified atom stereocenters. The molecule has 0 saturated carbocycles. The maximum absolute atomic E-state index is 11.7. The van der Waals surface area contributed by atoms with Crippen LogP contribution in [-0.4, -0.2) is 45.9 Å². The quantitative estimate of drug-likeness (QED) is 0.524. The van der Waals surface area contributed by atoms with Crippen molar-refractivity contribution in [1.29, 1.82) is 0 Å². The maximum atomic E-state index is 11.7. The standard InChI is InChI=1S/C15H13N5O5S/c1-26(24,25)9-14(21)17-15-16-13-7-6-10(8-19(13)18-15)11-4-2-3-5-12(11)20(22)23/h2-8H,9H2,1H3,(H,17,18,21). The summed E-state index contributed by atoms with van der Waals surface area (Å²) < 4.78 is 23.6. The van der Waals surface area contributed by atoms with Gasteiger partial charge in [-0.3, -0.25) is 20.2 Å². The van der Waals surface area contributed by atoms with Gasteiger partial charge in [0.1, 0.15) is 5.75 Å². The van der Waals surface area contributed by atoms with Gasteiger partial charge in [-0.25, -0.2) is 12.9 Å². The number of carbonyl (C=O) groups excluding carboxylic acids is 1. The first-order valence-electron chi connectivity index (χ1n) is 7.31. The highest BCUT2D eigenvalue weighted by Crippen LogP contribution is 2.29. The number of amides is 1. The Balaban J connectivity index is 1.94. The number of nitro groups is 1. The zero-order valence-electron chi connectivity index (χ0n) is 13.5. The molecule has 0 aliphatic heterocycles. The Morgan fingerprint density at radius 2 is 2.00 bits per heavy atom. The van der Waals surface area contributed by atoms with Gasteiger partial charge in [0.05, 0.1) is 10.5 Å². The molecular weight excluding hydrogens is 362 g/mol. The minimum atomic E-state index is -3.47. The third-order valence-corrected chi connectivity index (χ3v) is 4.17. The number of rotatable bonds is 5. The highest BCUT2D eigenvalue weighted by Gasteiger charge is 2.16. The second kappa shape index (κ2) is 6.52. The molecule has 0 aliphatic carbocycles. The number of benzene rings is 1. The average Bonchev–Trinajstić information content (AvgIpc) is 2.93. The molecule has 0 atom stereocenters. The lowest BCUT2D eigenvalue weighted by Gasteiger charge is -2.03. The molecule has 0 aliphatic rings. The molecule has 0 saturated heterocycles. The van der Waals surface area contributed by atoms with Crippen molar-refractivity contribution in [1.82, 2.24) is 14.6 Å². The molecule has 26 heavy (non-hydrogen) atoms. The van der Waals surface area contributed by atoms with E-state index in [1.807, 2.05) is 0 Å². The zero-order chi connectivity index (χ0) is 18.9. The molecule has 1 amide bonds. The summed E-state index contributed by atoms with van der Waals surface area (Å²) in [6, 6.07) is 9.51. The Hall–Kier alpha value is -3.34. The number of aromatic nitrogens is 3. The molecule has 2 heterocycles. The number of hydrogen-bond acceptors (Lipinski definition) is 7. The van der Waals surface area contributed by atoms with E-state index in [2.05, 4.69) is 15.4 Å². The highest BCUT2D eigenvalue weighted by molar-refractivity contribution is 7.91. The van der Waals surface area contributed by atoms with Crippen LogP contribution >= 0.6 is 0 Å². The van der Waals surface area contributed by atoms with Crippen LogP contribution in [0.15, 0.2) is 42.6 Å². The van der Waals surface area contributed by atoms with Gasteiger partial charge in [0.25, 0.3) is 5.69 Å². The van der Waals surface area contributed by atoms with Crippen LogP contribution in [0.1, 0.15) is 0 Å². The van der Waals surface area contributed by atoms with Crippen molar-refractivity contribution in [3.8, 4) is 11.1 Å². The van der Waals surface area contributed by atoms with E-state index in [4.69, 9.17) is 0 Å². The Kier molecular flexibility index (Phi) is 4.38. The SMILES string of the molecule is CS(=O)(=O)CC(=O)Nc1nc2ccc(-c3ccccc3[N+](=O)[O-])cn2n1. The second-order valence-corrected chi connectivity index (χ2v) is 7.69. The van der Waals surface area contributed by atoms with E-state index in [9.17, 15) is 23.3 Å². The fraction of sp³-hybridized carbons (Fsp3) is 0.133. The zero-order valence-corrected chi connectivity index (χ0v) is 14.3. The van der Waals surface area contributed by atoms with Gasteiger partial charge in [0.2, 0.25) is 11.9 Å². The van der Waals surface area contributed by atoms with E-state index >= 15 is 0 Å². The van der Waals surface area contributed by atoms with Gasteiger partial charge in [0.15, 0.2) is 15.5 Å². The van der Waals surface area contributed by atoms with Crippen LogP contribution in [-0.2, 0) is 14.6 Å². The van der Waals surface area contributed by atoms with Crippen molar-refractivity contribution < 1.29 is 18.1 Å². The van der Waals surface area contributed by atoms with E-state index in [-0.39, 0.29) is 11.6 Å². The van der Waals surface area contributed by atoms with Crippen molar-refractivity contribution in [3.05, 3.63) is 52.7 Å². The van der Waals surface area contributed by atoms with Crippen LogP contribution in [0.4, 0.5) is 11.6 Å². The lowest BCUT2D eigenvalue weighted by Crippen LogP contribution is -2.22. The first-order valence-corrected chi connectivity index (χ1v) is 9.37. The van der Waals surface area contributed by atoms with Crippen molar-refractivity contribution in [2.75, 3.05) is 17.3 Å². The summed E-state index contributed by atoms with van der Waals surface area (Å²) in [5, 5.41) is 17.5. The second-order valence-electron chi connectivity index (χ2n) is 5.55. The number of fused-ring (bicyclic) bond motifs is 1. The van der Waals surface area contributed by atoms with Gasteiger partial charge in [0, 0.05) is 24.1 Å². The lowest BCUT2D eigenvalue weighted by molar-refractivity contribution is -0.384. The summed E-state index contributed by atoms with van der Waals surface area (Å²) in [6.07, 6.45) is 2.49. The van der Waals surface area contributed by atoms with Crippen LogP contribution in [0.3, 0.4) is 0 Å². The van der Waals surface area contributed by atoms with Crippen LogP contribution in [0.5, 0.6) is 0 Å². The van der Waals surface area contributed by atoms with Crippen LogP contribution in [0.25, 0.3) is 16.8 Å². The normalized spacial score (nSPS) is 11.4. The van der Waals surface area contributed by atoms with Crippen molar-refractivity contribution in [2.24, 2.45) is 0 Å². The first kappa shape index (κ1) is 17.5. The number of para-hydroxylation sites is 1. The molecule has 0 fully saturated rings. The summed E-state index contributed by atoms with van der Waals surface area (Å²) in [5.74, 6) is -1.48. The number of sulfone groups is 1. The number of anilines is 1. The third-order valence-electron chi connectivity index (χ3n) is 3.39. The minimum absolute atomic E-state index is 0.0476. The molecule has 11 heteroatoms. The highest BCUT2D eigenvalue weighted by atomic mass is 32.2.